The molecular formula is C14H12FIN2O2S. The Morgan fingerprint density at radius 2 is 2.24 bits per heavy atom. The van der Waals surface area contributed by atoms with Gasteiger partial charge in [-0.15, -0.1) is 11.3 Å². The maximum atomic E-state index is 13.7. The molecule has 1 unspecified atom stereocenters. The van der Waals surface area contributed by atoms with Gasteiger partial charge in [-0.2, -0.15) is 4.39 Å². The van der Waals surface area contributed by atoms with Crippen molar-refractivity contribution in [2.75, 3.05) is 5.32 Å². The van der Waals surface area contributed by atoms with E-state index in [0.29, 0.717) is 5.69 Å². The Labute approximate surface area is 138 Å². The predicted molar refractivity (Wildman–Crippen MR) is 89.4 cm³/mol. The number of thiophene rings is 1. The zero-order chi connectivity index (χ0) is 15.0. The van der Waals surface area contributed by atoms with Gasteiger partial charge in [0.05, 0.1) is 13.8 Å². The van der Waals surface area contributed by atoms with E-state index in [1.807, 2.05) is 0 Å². The molecule has 1 N–H and O–H groups in total. The quantitative estimate of drug-likeness (QED) is 0.439. The van der Waals surface area contributed by atoms with Crippen molar-refractivity contribution in [2.24, 2.45) is 0 Å². The van der Waals surface area contributed by atoms with Gasteiger partial charge in [0.15, 0.2) is 0 Å². The van der Waals surface area contributed by atoms with E-state index in [1.165, 1.54) is 25.5 Å². The Morgan fingerprint density at radius 1 is 1.43 bits per heavy atom. The number of aryl methyl sites for hydroxylation is 1. The smallest absolute Gasteiger partial charge is 0.304 e. The van der Waals surface area contributed by atoms with Gasteiger partial charge in [0.1, 0.15) is 0 Å². The molecule has 0 aliphatic heterocycles. The SMILES string of the molecule is O=[N+]([O-])c1ccc(NC2CCCc3sc(I)cc32)cc1F. The summed E-state index contributed by atoms with van der Waals surface area (Å²) in [6.07, 6.45) is 3.17. The minimum absolute atomic E-state index is 0.148. The van der Waals surface area contributed by atoms with Crippen LogP contribution in [0.25, 0.3) is 0 Å². The zero-order valence-corrected chi connectivity index (χ0v) is 13.9. The second-order valence-corrected chi connectivity index (χ2v) is 7.97. The minimum Gasteiger partial charge on any atom is -0.378 e. The number of hydrogen-bond acceptors (Lipinski definition) is 4. The molecule has 2 aromatic rings. The number of benzene rings is 1. The van der Waals surface area contributed by atoms with Gasteiger partial charge in [0.25, 0.3) is 0 Å². The van der Waals surface area contributed by atoms with Gasteiger partial charge in [-0.3, -0.25) is 10.1 Å². The van der Waals surface area contributed by atoms with Crippen LogP contribution >= 0.6 is 33.9 Å². The number of halogens is 2. The molecule has 0 fully saturated rings. The van der Waals surface area contributed by atoms with Crippen molar-refractivity contribution in [1.82, 2.24) is 0 Å². The van der Waals surface area contributed by atoms with Crippen molar-refractivity contribution in [3.8, 4) is 0 Å². The average Bonchev–Trinajstić information content (AvgIpc) is 2.80. The fraction of sp³-hybridized carbons (Fsp3) is 0.286. The number of rotatable bonds is 3. The van der Waals surface area contributed by atoms with E-state index >= 15 is 0 Å². The Bertz CT molecular complexity index is 704. The highest BCUT2D eigenvalue weighted by atomic mass is 127. The van der Waals surface area contributed by atoms with Crippen LogP contribution in [0.1, 0.15) is 29.3 Å². The third-order valence-corrected chi connectivity index (χ3v) is 5.54. The molecule has 1 aromatic heterocycles. The molecule has 4 nitrogen and oxygen atoms in total. The van der Waals surface area contributed by atoms with Crippen LogP contribution in [0.4, 0.5) is 15.8 Å². The molecule has 0 spiro atoms. The molecule has 1 atom stereocenters. The lowest BCUT2D eigenvalue weighted by Gasteiger charge is -2.24. The molecule has 0 saturated carbocycles. The van der Waals surface area contributed by atoms with E-state index in [-0.39, 0.29) is 6.04 Å². The maximum absolute atomic E-state index is 13.7. The number of nitrogens with zero attached hydrogens (tertiary/aromatic N) is 1. The lowest BCUT2D eigenvalue weighted by atomic mass is 9.94. The number of hydrogen-bond donors (Lipinski definition) is 1. The van der Waals surface area contributed by atoms with Gasteiger partial charge < -0.3 is 5.32 Å². The van der Waals surface area contributed by atoms with E-state index < -0.39 is 16.4 Å². The Morgan fingerprint density at radius 3 is 2.95 bits per heavy atom. The molecule has 0 amide bonds. The van der Waals surface area contributed by atoms with Crippen LogP contribution in [-0.4, -0.2) is 4.92 Å². The molecule has 1 aromatic carbocycles. The fourth-order valence-corrected chi connectivity index (χ4v) is 4.74. The molecule has 1 aliphatic rings. The second-order valence-electron chi connectivity index (χ2n) is 4.94. The van der Waals surface area contributed by atoms with E-state index in [9.17, 15) is 14.5 Å². The third-order valence-electron chi connectivity index (χ3n) is 3.57. The van der Waals surface area contributed by atoms with Gasteiger partial charge in [0, 0.05) is 22.7 Å². The fourth-order valence-electron chi connectivity index (χ4n) is 2.62. The van der Waals surface area contributed by atoms with Crippen LogP contribution in [0.2, 0.25) is 0 Å². The van der Waals surface area contributed by atoms with Crippen LogP contribution in [0.5, 0.6) is 0 Å². The number of nitro groups is 1. The van der Waals surface area contributed by atoms with Gasteiger partial charge in [-0.05, 0) is 59.5 Å². The molecule has 1 aliphatic carbocycles. The van der Waals surface area contributed by atoms with Crippen molar-refractivity contribution >= 4 is 45.3 Å². The summed E-state index contributed by atoms with van der Waals surface area (Å²) in [6.45, 7) is 0. The van der Waals surface area contributed by atoms with Gasteiger partial charge in [-0.25, -0.2) is 0 Å². The topological polar surface area (TPSA) is 55.2 Å². The molecule has 110 valence electrons. The van der Waals surface area contributed by atoms with Crippen molar-refractivity contribution in [1.29, 1.82) is 0 Å². The number of nitrogens with one attached hydrogen (secondary N) is 1. The molecule has 21 heavy (non-hydrogen) atoms. The number of anilines is 1. The van der Waals surface area contributed by atoms with Crippen LogP contribution in [-0.2, 0) is 6.42 Å². The summed E-state index contributed by atoms with van der Waals surface area (Å²) in [5, 5.41) is 13.9. The first kappa shape index (κ1) is 14.7. The maximum Gasteiger partial charge on any atom is 0.304 e. The average molecular weight is 418 g/mol. The zero-order valence-electron chi connectivity index (χ0n) is 10.9. The highest BCUT2D eigenvalue weighted by molar-refractivity contribution is 14.1. The summed E-state index contributed by atoms with van der Waals surface area (Å²) in [5.41, 5.74) is 1.36. The highest BCUT2D eigenvalue weighted by Crippen LogP contribution is 2.38. The first-order valence-electron chi connectivity index (χ1n) is 6.53. The van der Waals surface area contributed by atoms with Gasteiger partial charge in [-0.1, -0.05) is 0 Å². The van der Waals surface area contributed by atoms with E-state index in [0.717, 1.165) is 19.3 Å². The van der Waals surface area contributed by atoms with Crippen molar-refractivity contribution in [2.45, 2.75) is 25.3 Å². The molecule has 7 heteroatoms. The summed E-state index contributed by atoms with van der Waals surface area (Å²) >= 11 is 4.11. The molecule has 0 bridgehead atoms. The first-order chi connectivity index (χ1) is 10.0. The summed E-state index contributed by atoms with van der Waals surface area (Å²) in [5.74, 6) is -0.805. The highest BCUT2D eigenvalue weighted by Gasteiger charge is 2.23. The number of fused-ring (bicyclic) bond motifs is 1. The lowest BCUT2D eigenvalue weighted by molar-refractivity contribution is -0.387. The van der Waals surface area contributed by atoms with E-state index in [4.69, 9.17) is 0 Å². The van der Waals surface area contributed by atoms with Crippen LogP contribution in [0, 0.1) is 18.8 Å². The van der Waals surface area contributed by atoms with Crippen LogP contribution < -0.4 is 5.32 Å². The van der Waals surface area contributed by atoms with Crippen molar-refractivity contribution < 1.29 is 9.31 Å². The first-order valence-corrected chi connectivity index (χ1v) is 8.42. The van der Waals surface area contributed by atoms with E-state index in [2.05, 4.69) is 34.0 Å². The summed E-state index contributed by atoms with van der Waals surface area (Å²) in [7, 11) is 0. The summed E-state index contributed by atoms with van der Waals surface area (Å²) in [6, 6.07) is 6.28. The van der Waals surface area contributed by atoms with E-state index in [1.54, 1.807) is 17.4 Å². The molecule has 0 saturated heterocycles. The largest absolute Gasteiger partial charge is 0.378 e. The summed E-state index contributed by atoms with van der Waals surface area (Å²) in [4.78, 5) is 11.3. The molecular weight excluding hydrogens is 406 g/mol. The van der Waals surface area contributed by atoms with Crippen LogP contribution in [0.3, 0.4) is 0 Å². The second kappa shape index (κ2) is 5.88. The molecule has 3 rings (SSSR count). The standard InChI is InChI=1S/C14H12FIN2O2S/c15-10-6-8(4-5-12(10)18(19)20)17-11-2-1-3-13-9(11)7-14(16)21-13/h4-7,11,17H,1-3H2. The van der Waals surface area contributed by atoms with Crippen molar-refractivity contribution in [3.05, 3.63) is 53.5 Å². The lowest BCUT2D eigenvalue weighted by Crippen LogP contribution is -2.15. The minimum atomic E-state index is -0.805. The number of nitro benzene ring substituents is 1. The Hall–Kier alpha value is -1.22. The monoisotopic (exact) mass is 418 g/mol. The van der Waals surface area contributed by atoms with Crippen LogP contribution in [0.15, 0.2) is 24.3 Å². The van der Waals surface area contributed by atoms with Crippen molar-refractivity contribution in [3.63, 3.8) is 0 Å². The molecule has 0 radical (unpaired) electrons. The predicted octanol–water partition coefficient (Wildman–Crippen LogP) is 4.89. The normalized spacial score (nSPS) is 17.3. The Balaban J connectivity index is 1.84. The van der Waals surface area contributed by atoms with Gasteiger partial charge in [0.2, 0.25) is 5.82 Å². The third kappa shape index (κ3) is 3.03. The van der Waals surface area contributed by atoms with Gasteiger partial charge >= 0.3 is 5.69 Å². The summed E-state index contributed by atoms with van der Waals surface area (Å²) < 4.78 is 14.9. The molecule has 1 heterocycles. The Kier molecular flexibility index (Phi) is 4.12.